The van der Waals surface area contributed by atoms with Crippen molar-refractivity contribution < 1.29 is 106 Å². The van der Waals surface area contributed by atoms with Crippen molar-refractivity contribution in [2.24, 2.45) is 70.3 Å². The number of carboxylic acid groups (broad SMARTS) is 1. The maximum absolute atomic E-state index is 15.0. The van der Waals surface area contributed by atoms with E-state index in [4.69, 9.17) is 54.1 Å². The van der Waals surface area contributed by atoms with Crippen LogP contribution in [0.5, 0.6) is 23.3 Å². The minimum Gasteiger partial charge on any atom is -0.497 e. The van der Waals surface area contributed by atoms with Gasteiger partial charge >= 0.3 is 17.9 Å². The molecule has 35 heteroatoms. The monoisotopic (exact) mass is 1760 g/mol. The van der Waals surface area contributed by atoms with Crippen LogP contribution in [0.2, 0.25) is 0 Å². The Morgan fingerprint density at radius 1 is 0.537 bits per heavy atom. The van der Waals surface area contributed by atoms with Crippen molar-refractivity contribution in [2.45, 2.75) is 301 Å². The Hall–Kier alpha value is -7.85. The van der Waals surface area contributed by atoms with E-state index in [1.165, 1.54) is 9.80 Å². The van der Waals surface area contributed by atoms with Crippen molar-refractivity contribution in [3.05, 3.63) is 47.8 Å². The number of hydrogen-bond donors (Lipinski definition) is 4. The third-order valence-corrected chi connectivity index (χ3v) is 30.4. The number of Topliss-reactive ketones (excluding diaryl/α,β-unsaturated/α-hetero) is 1. The topological polar surface area (TPSA) is 389 Å². The number of rotatable bonds is 18. The molecule has 2 aromatic carbocycles. The van der Waals surface area contributed by atoms with E-state index in [1.807, 2.05) is 48.9 Å². The van der Waals surface area contributed by atoms with Gasteiger partial charge in [0.1, 0.15) is 58.9 Å². The number of halogens is 5. The van der Waals surface area contributed by atoms with Crippen molar-refractivity contribution in [3.8, 4) is 23.3 Å². The van der Waals surface area contributed by atoms with E-state index in [0.29, 0.717) is 96.9 Å². The summed E-state index contributed by atoms with van der Waals surface area (Å²) in [4.78, 5) is 131. The number of ether oxygens (including phenoxy) is 6. The molecule has 4 aromatic rings. The van der Waals surface area contributed by atoms with Crippen LogP contribution in [0.1, 0.15) is 234 Å². The van der Waals surface area contributed by atoms with Gasteiger partial charge < -0.3 is 49.1 Å². The van der Waals surface area contributed by atoms with Crippen molar-refractivity contribution in [2.75, 3.05) is 27.3 Å². The number of carbonyl (C=O) groups is 8. The molecule has 8 saturated carbocycles. The standard InChI is InChI=1S/C42H54F2N4O9S.C33H43N3O7.C8H12F2N2O3S.3CH4.ClH/c1-3-27-35-22-48(37(27)33(49)21-42(20-29(42)38(43)44)41(52)47-58(53,54)26-14-15-26)40(51)28(23-9-7-8-10-23)19-36(50)56-34-17-24(34)11-5-4-6-12-31-39(57-35)46-32-18-25(55-2)13-16-30(32)45-31;1-3-22-28-18-36(30(22)33(39)40)32(38)23(19-9-7-8-10-19)17-29(37)42-27-15-20(27)11-5-4-6-12-25-31(43-28)35-26-16-21(41-2)13-14-24(26)34-25;9-6(10)5-3-8(5,11)7(13)12-16(14,15)4-1-2-4;;;;/h13,16,18,23-24,26-29,34-35,37-38H,3-12,14-15,17,19-22H2,1-2H3,(H,47,52);13-14,16,19-20,22-23,27-28,30H,3-12,15,17-18H2,1-2H3,(H,39,40);4-6H,1-3,11H2,(H,12,13);3*1H4;1H/t24-,27-,28+,29+,34-,35+,37+,42-;20-,22-,23+,27-,28+,30+;5-,8+;;;;/m110..../s1. The van der Waals surface area contributed by atoms with Gasteiger partial charge in [-0.1, -0.05) is 87.5 Å². The Bertz CT molecular complexity index is 4660. The van der Waals surface area contributed by atoms with Gasteiger partial charge in [-0.2, -0.15) is 0 Å². The van der Waals surface area contributed by atoms with Crippen molar-refractivity contribution >= 4 is 102 Å². The summed E-state index contributed by atoms with van der Waals surface area (Å²) >= 11 is 0. The van der Waals surface area contributed by atoms with E-state index in [-0.39, 0.29) is 121 Å². The second-order valence-corrected chi connectivity index (χ2v) is 38.7. The number of alkyl halides is 4. The van der Waals surface area contributed by atoms with Crippen molar-refractivity contribution in [1.82, 2.24) is 39.2 Å². The van der Waals surface area contributed by atoms with Crippen LogP contribution >= 0.6 is 12.4 Å². The number of aryl methyl sites for hydroxylation is 2. The summed E-state index contributed by atoms with van der Waals surface area (Å²) < 4.78 is 141. The van der Waals surface area contributed by atoms with Gasteiger partial charge in [0.2, 0.25) is 62.4 Å². The van der Waals surface area contributed by atoms with Gasteiger partial charge in [-0.3, -0.25) is 43.0 Å². The first-order valence-corrected chi connectivity index (χ1v) is 45.3. The molecule has 0 radical (unpaired) electrons. The van der Waals surface area contributed by atoms with Gasteiger partial charge in [0, 0.05) is 42.2 Å². The van der Waals surface area contributed by atoms with Crippen LogP contribution in [0.4, 0.5) is 17.6 Å². The van der Waals surface area contributed by atoms with Crippen LogP contribution in [-0.2, 0) is 80.7 Å². The fourth-order valence-corrected chi connectivity index (χ4v) is 21.9. The average Bonchev–Trinajstić information content (AvgIpc) is 1.50. The number of amides is 4. The zero-order valence-corrected chi connectivity index (χ0v) is 69.6. The van der Waals surface area contributed by atoms with Gasteiger partial charge in [0.15, 0.2) is 5.78 Å². The number of aromatic nitrogens is 4. The Morgan fingerprint density at radius 3 is 1.33 bits per heavy atom. The van der Waals surface area contributed by atoms with Gasteiger partial charge in [0.05, 0.1) is 96.0 Å². The van der Waals surface area contributed by atoms with E-state index in [9.17, 15) is 73.1 Å². The molecule has 0 spiro atoms. The van der Waals surface area contributed by atoms with E-state index in [1.54, 1.807) is 25.0 Å². The maximum Gasteiger partial charge on any atom is 0.326 e. The highest BCUT2D eigenvalue weighted by Crippen LogP contribution is 2.60. The number of nitrogens with zero attached hydrogens (tertiary/aromatic N) is 6. The van der Waals surface area contributed by atoms with Crippen LogP contribution in [0, 0.1) is 64.6 Å². The highest BCUT2D eigenvalue weighted by Gasteiger charge is 2.67. The molecule has 2 saturated heterocycles. The fourth-order valence-electron chi connectivity index (χ4n) is 19.1. The lowest BCUT2D eigenvalue weighted by molar-refractivity contribution is -0.155. The fraction of sp³-hybridized carbons (Fsp3) is 0.721. The Balaban J connectivity index is 0.000000214. The number of carbonyl (C=O) groups excluding carboxylic acids is 7. The first-order valence-electron chi connectivity index (χ1n) is 42.2. The second-order valence-electron chi connectivity index (χ2n) is 34.8. The van der Waals surface area contributed by atoms with Crippen LogP contribution in [0.15, 0.2) is 36.4 Å². The zero-order valence-electron chi connectivity index (χ0n) is 67.1. The molecule has 5 N–H and O–H groups in total. The van der Waals surface area contributed by atoms with Crippen LogP contribution in [0.25, 0.3) is 22.1 Å². The minimum absolute atomic E-state index is 0. The Kier molecular flexibility index (Phi) is 31.2. The van der Waals surface area contributed by atoms with Gasteiger partial charge in [-0.15, -0.1) is 12.4 Å². The molecule has 10 fully saturated rings. The third kappa shape index (κ3) is 21.6. The summed E-state index contributed by atoms with van der Waals surface area (Å²) in [5, 5.41) is 9.06. The lowest BCUT2D eigenvalue weighted by Gasteiger charge is -2.32. The van der Waals surface area contributed by atoms with E-state index in [0.717, 1.165) is 127 Å². The Morgan fingerprint density at radius 2 is 0.942 bits per heavy atom. The highest BCUT2D eigenvalue weighted by atomic mass is 35.5. The van der Waals surface area contributed by atoms with E-state index < -0.39 is 156 Å². The molecule has 28 nitrogen and oxygen atoms in total. The number of sulfonamides is 2. The van der Waals surface area contributed by atoms with Crippen LogP contribution < -0.4 is 34.1 Å². The van der Waals surface area contributed by atoms with Gasteiger partial charge in [-0.25, -0.2) is 59.1 Å². The molecular formula is C86H122ClF4N9O19S2. The zero-order chi connectivity index (χ0) is 83.2. The molecule has 4 amide bonds. The van der Waals surface area contributed by atoms with E-state index >= 15 is 4.79 Å². The molecule has 121 heavy (non-hydrogen) atoms. The predicted molar refractivity (Wildman–Crippen MR) is 442 cm³/mol. The lowest BCUT2D eigenvalue weighted by Crippen LogP contribution is -2.49. The summed E-state index contributed by atoms with van der Waals surface area (Å²) in [5.74, 6) is -8.03. The average molecular weight is 1760 g/mol. The number of esters is 2. The normalized spacial score (nSPS) is 30.7. The number of nitrogens with two attached hydrogens (primary N) is 1. The van der Waals surface area contributed by atoms with Crippen LogP contribution in [-0.4, -0.2) is 192 Å². The lowest BCUT2D eigenvalue weighted by atomic mass is 9.84. The number of methoxy groups -OCH3 is 2. The number of carboxylic acids is 1. The first kappa shape index (κ1) is 95.4. The number of hydrogen-bond acceptors (Lipinski definition) is 23. The maximum atomic E-state index is 15.0. The predicted octanol–water partition coefficient (Wildman–Crippen LogP) is 12.6. The summed E-state index contributed by atoms with van der Waals surface area (Å²) in [6.45, 7) is 3.84. The Labute approximate surface area is 712 Å². The first-order chi connectivity index (χ1) is 55.9. The number of aliphatic carboxylic acids is 1. The number of fused-ring (bicyclic) bond motifs is 10. The molecule has 6 heterocycles. The smallest absolute Gasteiger partial charge is 0.326 e. The second kappa shape index (κ2) is 39.6. The molecule has 8 aliphatic carbocycles. The minimum atomic E-state index is -4.09. The molecule has 4 aliphatic heterocycles. The van der Waals surface area contributed by atoms with Gasteiger partial charge in [0.25, 0.3) is 5.91 Å². The molecule has 16 rings (SSSR count). The van der Waals surface area contributed by atoms with E-state index in [2.05, 4.69) is 0 Å². The number of benzene rings is 2. The number of ketones is 1. The summed E-state index contributed by atoms with van der Waals surface area (Å²) in [6, 6.07) is 8.71. The van der Waals surface area contributed by atoms with Crippen molar-refractivity contribution in [1.29, 1.82) is 0 Å². The summed E-state index contributed by atoms with van der Waals surface area (Å²) in [6.07, 6.45) is 11.3. The van der Waals surface area contributed by atoms with Gasteiger partial charge in [-0.05, 0) is 176 Å². The van der Waals surface area contributed by atoms with Crippen molar-refractivity contribution in [3.63, 3.8) is 0 Å². The van der Waals surface area contributed by atoms with Crippen LogP contribution in [0.3, 0.4) is 0 Å². The highest BCUT2D eigenvalue weighted by molar-refractivity contribution is 7.91. The molecule has 0 unspecified atom stereocenters. The molecule has 12 aliphatic rings. The number of nitrogens with one attached hydrogen (secondary N) is 2. The largest absolute Gasteiger partial charge is 0.497 e. The molecule has 16 atom stereocenters. The molecule has 2 aromatic heterocycles. The molecule has 672 valence electrons. The molecular weight excluding hydrogens is 1640 g/mol. The summed E-state index contributed by atoms with van der Waals surface area (Å²) in [7, 11) is -4.64. The molecule has 4 bridgehead atoms. The summed E-state index contributed by atoms with van der Waals surface area (Å²) in [5.41, 5.74) is 5.69. The SMILES string of the molecule is C.C.C.CC[C@@H]1[C@@H]2CN(C(=O)[C@H](C3CCCC3)CC(=O)O[C@@H]3C[C@H]3CCCCCc3nc4ccc(OC)cc4nc3O2)[C@@H]1C(=O)C[C@]1(C(=O)NS(=O)(=O)C2CC2)C[C@H]1C(F)F.CC[C@@H]1[C@@H]2CN(C(=O)[C@H](C3CCCC3)CC(=O)O[C@@H]3C[C@H]3CCCCCc3nc4ccc(OC)cc4nc3O2)[C@@H]1C(=O)O.Cl.N[C@]1(C(=O)NS(=O)(=O)C2CC2)C[C@H]1C(F)F. The third-order valence-electron chi connectivity index (χ3n) is 26.8. The quantitative estimate of drug-likeness (QED) is 0.0531.